The minimum atomic E-state index is 0.401. The van der Waals surface area contributed by atoms with Crippen molar-refractivity contribution in [2.24, 2.45) is 5.10 Å². The molecule has 0 radical (unpaired) electrons. The molecule has 1 heterocycles. The summed E-state index contributed by atoms with van der Waals surface area (Å²) in [5.41, 5.74) is 8.74. The number of rotatable bonds is 2. The Hall–Kier alpha value is -3.66. The molecule has 2 aliphatic rings. The maximum absolute atomic E-state index is 8.25. The number of hydrazone groups is 1. The molecule has 5 rings (SSSR count). The van der Waals surface area contributed by atoms with Gasteiger partial charge in [-0.2, -0.15) is 5.10 Å². The molecular weight excluding hydrogens is 334 g/mol. The predicted octanol–water partition coefficient (Wildman–Crippen LogP) is 5.76. The topological polar surface area (TPSA) is 61.4 Å². The van der Waals surface area contributed by atoms with Crippen LogP contribution in [-0.2, 0) is 0 Å². The second kappa shape index (κ2) is 6.25. The van der Waals surface area contributed by atoms with Gasteiger partial charge in [0.05, 0.1) is 11.4 Å². The van der Waals surface area contributed by atoms with Gasteiger partial charge in [0, 0.05) is 22.4 Å². The van der Waals surface area contributed by atoms with E-state index in [9.17, 15) is 0 Å². The van der Waals surface area contributed by atoms with Gasteiger partial charge in [0.25, 0.3) is 0 Å². The van der Waals surface area contributed by atoms with Gasteiger partial charge in [-0.15, -0.1) is 0 Å². The quantitative estimate of drug-likeness (QED) is 0.577. The average molecular weight is 351 g/mol. The number of nitrogens with zero attached hydrogens (tertiary/aromatic N) is 1. The molecule has 0 atom stereocenters. The Balaban J connectivity index is 1.51. The van der Waals surface area contributed by atoms with Crippen LogP contribution in [0.5, 0.6) is 0 Å². The molecule has 0 unspecified atom stereocenters. The van der Waals surface area contributed by atoms with E-state index in [1.807, 2.05) is 48.6 Å². The van der Waals surface area contributed by atoms with Crippen molar-refractivity contribution in [2.45, 2.75) is 6.42 Å². The molecule has 4 heteroatoms. The van der Waals surface area contributed by atoms with Crippen molar-refractivity contribution in [1.29, 1.82) is 5.41 Å². The first-order chi connectivity index (χ1) is 13.3. The molecule has 130 valence electrons. The van der Waals surface area contributed by atoms with E-state index in [0.29, 0.717) is 11.4 Å². The molecule has 27 heavy (non-hydrogen) atoms. The molecule has 2 aromatic carbocycles. The lowest BCUT2D eigenvalue weighted by Crippen LogP contribution is -2.20. The number of benzene rings is 2. The summed E-state index contributed by atoms with van der Waals surface area (Å²) in [5, 5.41) is 15.0. The Labute approximate surface area is 156 Å². The summed E-state index contributed by atoms with van der Waals surface area (Å²) >= 11 is 0. The highest BCUT2D eigenvalue weighted by Gasteiger charge is 2.19. The van der Waals surface area contributed by atoms with Crippen molar-refractivity contribution in [3.63, 3.8) is 0 Å². The highest BCUT2D eigenvalue weighted by atomic mass is 16.3. The minimum absolute atomic E-state index is 0.401. The summed E-state index contributed by atoms with van der Waals surface area (Å²) in [6.07, 6.45) is 12.9. The molecule has 1 aromatic heterocycles. The molecule has 0 aliphatic heterocycles. The van der Waals surface area contributed by atoms with Crippen LogP contribution in [0.15, 0.2) is 99.6 Å². The van der Waals surface area contributed by atoms with Crippen LogP contribution in [0.3, 0.4) is 0 Å². The monoisotopic (exact) mass is 351 g/mol. The lowest BCUT2D eigenvalue weighted by molar-refractivity contribution is 0.669. The first-order valence-corrected chi connectivity index (χ1v) is 8.89. The van der Waals surface area contributed by atoms with E-state index >= 15 is 0 Å². The maximum atomic E-state index is 8.25. The van der Waals surface area contributed by atoms with Gasteiger partial charge >= 0.3 is 0 Å². The van der Waals surface area contributed by atoms with E-state index in [4.69, 9.17) is 9.83 Å². The summed E-state index contributed by atoms with van der Waals surface area (Å²) in [6.45, 7) is 0. The summed E-state index contributed by atoms with van der Waals surface area (Å²) in [7, 11) is 0. The molecule has 0 saturated carbocycles. The van der Waals surface area contributed by atoms with Crippen molar-refractivity contribution in [3.8, 4) is 0 Å². The smallest absolute Gasteiger partial charge is 0.137 e. The number of para-hydroxylation sites is 1. The Morgan fingerprint density at radius 3 is 2.85 bits per heavy atom. The minimum Gasteiger partial charge on any atom is -0.456 e. The van der Waals surface area contributed by atoms with Crippen molar-refractivity contribution in [3.05, 3.63) is 90.1 Å². The van der Waals surface area contributed by atoms with Gasteiger partial charge in [-0.25, -0.2) is 0 Å². The van der Waals surface area contributed by atoms with Gasteiger partial charge in [-0.3, -0.25) is 10.8 Å². The fourth-order valence-electron chi connectivity index (χ4n) is 3.46. The lowest BCUT2D eigenvalue weighted by Gasteiger charge is -2.16. The molecule has 0 spiro atoms. The van der Waals surface area contributed by atoms with Crippen LogP contribution < -0.4 is 5.43 Å². The largest absolute Gasteiger partial charge is 0.456 e. The van der Waals surface area contributed by atoms with Crippen LogP contribution in [0.25, 0.3) is 21.9 Å². The number of furan rings is 1. The van der Waals surface area contributed by atoms with Crippen LogP contribution in [0.4, 0.5) is 5.69 Å². The van der Waals surface area contributed by atoms with Crippen molar-refractivity contribution >= 4 is 39.0 Å². The van der Waals surface area contributed by atoms with E-state index in [1.165, 1.54) is 0 Å². The molecule has 0 fully saturated rings. The van der Waals surface area contributed by atoms with Gasteiger partial charge in [-0.1, -0.05) is 48.6 Å². The number of fused-ring (bicyclic) bond motifs is 4. The molecule has 2 N–H and O–H groups in total. The van der Waals surface area contributed by atoms with Crippen LogP contribution in [0.2, 0.25) is 0 Å². The third-order valence-corrected chi connectivity index (χ3v) is 4.80. The molecular formula is C23H17N3O. The fraction of sp³-hybridized carbons (Fsp3) is 0.0435. The first-order valence-electron chi connectivity index (χ1n) is 8.89. The third-order valence-electron chi connectivity index (χ3n) is 4.80. The van der Waals surface area contributed by atoms with Crippen LogP contribution in [0.1, 0.15) is 6.42 Å². The number of nitrogens with one attached hydrogen (secondary N) is 2. The molecule has 0 amide bonds. The third kappa shape index (κ3) is 2.72. The van der Waals surface area contributed by atoms with E-state index in [0.717, 1.165) is 45.2 Å². The van der Waals surface area contributed by atoms with E-state index in [-0.39, 0.29) is 0 Å². The molecule has 4 nitrogen and oxygen atoms in total. The van der Waals surface area contributed by atoms with Gasteiger partial charge in [-0.05, 0) is 36.3 Å². The highest BCUT2D eigenvalue weighted by Crippen LogP contribution is 2.30. The van der Waals surface area contributed by atoms with Crippen LogP contribution in [0, 0.1) is 5.41 Å². The molecule has 2 aliphatic carbocycles. The van der Waals surface area contributed by atoms with Gasteiger partial charge in [0.1, 0.15) is 16.9 Å². The second-order valence-corrected chi connectivity index (χ2v) is 6.53. The average Bonchev–Trinajstić information content (AvgIpc) is 2.88. The molecule has 3 aromatic rings. The van der Waals surface area contributed by atoms with Gasteiger partial charge < -0.3 is 4.42 Å². The Morgan fingerprint density at radius 2 is 1.89 bits per heavy atom. The zero-order valence-corrected chi connectivity index (χ0v) is 14.6. The Morgan fingerprint density at radius 1 is 1.00 bits per heavy atom. The Bertz CT molecular complexity index is 1230. The summed E-state index contributed by atoms with van der Waals surface area (Å²) < 4.78 is 5.94. The number of anilines is 1. The summed E-state index contributed by atoms with van der Waals surface area (Å²) in [4.78, 5) is 0. The SMILES string of the molecule is N=C1C=CC2=CC=CCC=C2/C1=N/Nc1ccc2c(c1)oc1ccccc12. The highest BCUT2D eigenvalue weighted by molar-refractivity contribution is 6.53. The Kier molecular flexibility index (Phi) is 3.61. The summed E-state index contributed by atoms with van der Waals surface area (Å²) in [5.74, 6) is 0. The van der Waals surface area contributed by atoms with Gasteiger partial charge in [0.15, 0.2) is 0 Å². The first kappa shape index (κ1) is 15.6. The maximum Gasteiger partial charge on any atom is 0.137 e. The standard InChI is InChI=1S/C23H17N3O/c24-20-13-10-15-6-2-1-3-7-17(15)23(20)26-25-16-11-12-19-18-8-4-5-9-21(18)27-22(19)14-16/h1-2,4-14,24-25H,3H2/b24-20?,26-23-. The zero-order chi connectivity index (χ0) is 18.2. The second-order valence-electron chi connectivity index (χ2n) is 6.53. The van der Waals surface area contributed by atoms with Crippen LogP contribution >= 0.6 is 0 Å². The zero-order valence-electron chi connectivity index (χ0n) is 14.6. The number of hydrogen-bond acceptors (Lipinski definition) is 4. The van der Waals surface area contributed by atoms with E-state index in [1.54, 1.807) is 6.08 Å². The predicted molar refractivity (Wildman–Crippen MR) is 112 cm³/mol. The summed E-state index contributed by atoms with van der Waals surface area (Å²) in [6, 6.07) is 14.0. The number of hydrogen-bond donors (Lipinski definition) is 2. The normalized spacial score (nSPS) is 17.8. The van der Waals surface area contributed by atoms with Crippen molar-refractivity contribution in [2.75, 3.05) is 5.43 Å². The van der Waals surface area contributed by atoms with E-state index < -0.39 is 0 Å². The van der Waals surface area contributed by atoms with Crippen molar-refractivity contribution < 1.29 is 4.42 Å². The fourth-order valence-corrected chi connectivity index (χ4v) is 3.46. The number of allylic oxidation sites excluding steroid dienone is 8. The van der Waals surface area contributed by atoms with Gasteiger partial charge in [0.2, 0.25) is 0 Å². The lowest BCUT2D eigenvalue weighted by atomic mass is 9.92. The van der Waals surface area contributed by atoms with Crippen LogP contribution in [-0.4, -0.2) is 11.4 Å². The van der Waals surface area contributed by atoms with Crippen molar-refractivity contribution in [1.82, 2.24) is 0 Å². The molecule has 0 saturated heterocycles. The van der Waals surface area contributed by atoms with E-state index in [2.05, 4.69) is 34.8 Å². The molecule has 0 bridgehead atoms.